The first-order valence-electron chi connectivity index (χ1n) is 9.29. The monoisotopic (exact) mass is 423 g/mol. The average molecular weight is 423 g/mol. The van der Waals surface area contributed by atoms with Crippen molar-refractivity contribution in [1.82, 2.24) is 34.0 Å². The molecule has 0 unspecified atom stereocenters. The predicted molar refractivity (Wildman–Crippen MR) is 109 cm³/mol. The van der Waals surface area contributed by atoms with Crippen LogP contribution in [-0.2, 0) is 32.0 Å². The standard InChI is InChI=1S/C20H18FN7O3/c1-26-18-17(19(30)27(2)20(26)31)28(11-25-18)9-16(29)22-8-14-7-15(24-10-23-14)12-3-5-13(21)6-4-12/h3-7,10-11H,8-9H2,1-2H3,(H,22,29). The van der Waals surface area contributed by atoms with E-state index in [1.807, 2.05) is 0 Å². The van der Waals surface area contributed by atoms with Gasteiger partial charge in [-0.15, -0.1) is 0 Å². The van der Waals surface area contributed by atoms with Crippen LogP contribution in [0.4, 0.5) is 4.39 Å². The third-order valence-electron chi connectivity index (χ3n) is 4.86. The van der Waals surface area contributed by atoms with Crippen molar-refractivity contribution in [2.75, 3.05) is 0 Å². The number of aryl methyl sites for hydroxylation is 1. The van der Waals surface area contributed by atoms with Crippen LogP contribution < -0.4 is 16.6 Å². The van der Waals surface area contributed by atoms with E-state index in [2.05, 4.69) is 20.3 Å². The van der Waals surface area contributed by atoms with Gasteiger partial charge < -0.3 is 9.88 Å². The Labute approximate surface area is 174 Å². The number of hydrogen-bond acceptors (Lipinski definition) is 6. The van der Waals surface area contributed by atoms with E-state index in [4.69, 9.17) is 0 Å². The highest BCUT2D eigenvalue weighted by Gasteiger charge is 2.16. The number of aromatic nitrogens is 6. The van der Waals surface area contributed by atoms with Crippen molar-refractivity contribution in [2.24, 2.45) is 14.1 Å². The van der Waals surface area contributed by atoms with Crippen molar-refractivity contribution < 1.29 is 9.18 Å². The Hall–Kier alpha value is -4.15. The minimum atomic E-state index is -0.525. The number of nitrogens with one attached hydrogen (secondary N) is 1. The first-order chi connectivity index (χ1) is 14.8. The molecule has 0 saturated heterocycles. The van der Waals surface area contributed by atoms with Gasteiger partial charge in [0.2, 0.25) is 5.91 Å². The summed E-state index contributed by atoms with van der Waals surface area (Å²) in [5, 5.41) is 2.73. The Morgan fingerprint density at radius 1 is 1.06 bits per heavy atom. The van der Waals surface area contributed by atoms with Crippen molar-refractivity contribution in [3.8, 4) is 11.3 Å². The van der Waals surface area contributed by atoms with Gasteiger partial charge in [-0.05, 0) is 30.3 Å². The highest BCUT2D eigenvalue weighted by atomic mass is 19.1. The number of fused-ring (bicyclic) bond motifs is 1. The molecule has 10 nitrogen and oxygen atoms in total. The normalized spacial score (nSPS) is 11.1. The van der Waals surface area contributed by atoms with Crippen LogP contribution in [0.15, 0.2) is 52.6 Å². The van der Waals surface area contributed by atoms with E-state index in [-0.39, 0.29) is 36.0 Å². The highest BCUT2D eigenvalue weighted by Crippen LogP contribution is 2.17. The summed E-state index contributed by atoms with van der Waals surface area (Å²) in [6.45, 7) is -0.0154. The van der Waals surface area contributed by atoms with E-state index in [0.29, 0.717) is 11.4 Å². The maximum Gasteiger partial charge on any atom is 0.332 e. The molecule has 158 valence electrons. The molecular weight excluding hydrogens is 405 g/mol. The fourth-order valence-corrected chi connectivity index (χ4v) is 3.19. The fourth-order valence-electron chi connectivity index (χ4n) is 3.19. The van der Waals surface area contributed by atoms with E-state index in [0.717, 1.165) is 10.1 Å². The molecule has 0 atom stereocenters. The molecule has 0 saturated carbocycles. The first kappa shape index (κ1) is 20.1. The van der Waals surface area contributed by atoms with Gasteiger partial charge in [0.05, 0.1) is 24.3 Å². The second kappa shape index (κ2) is 7.94. The van der Waals surface area contributed by atoms with Crippen LogP contribution >= 0.6 is 0 Å². The lowest BCUT2D eigenvalue weighted by Gasteiger charge is -2.08. The minimum Gasteiger partial charge on any atom is -0.349 e. The lowest BCUT2D eigenvalue weighted by molar-refractivity contribution is -0.121. The Bertz CT molecular complexity index is 1400. The average Bonchev–Trinajstić information content (AvgIpc) is 3.19. The maximum atomic E-state index is 13.1. The van der Waals surface area contributed by atoms with E-state index < -0.39 is 11.2 Å². The number of halogens is 1. The number of carbonyl (C=O) groups excluding carboxylic acids is 1. The number of benzene rings is 1. The maximum absolute atomic E-state index is 13.1. The number of hydrogen-bond donors (Lipinski definition) is 1. The second-order valence-corrected chi connectivity index (χ2v) is 6.93. The quantitative estimate of drug-likeness (QED) is 0.495. The molecule has 0 fully saturated rings. The number of amides is 1. The third-order valence-corrected chi connectivity index (χ3v) is 4.86. The molecule has 0 aliphatic rings. The molecule has 1 N–H and O–H groups in total. The Balaban J connectivity index is 1.49. The zero-order valence-corrected chi connectivity index (χ0v) is 16.7. The molecule has 0 spiro atoms. The molecule has 1 amide bonds. The Morgan fingerprint density at radius 2 is 1.81 bits per heavy atom. The summed E-state index contributed by atoms with van der Waals surface area (Å²) in [6, 6.07) is 7.60. The molecule has 3 heterocycles. The van der Waals surface area contributed by atoms with Crippen molar-refractivity contribution in [1.29, 1.82) is 0 Å². The van der Waals surface area contributed by atoms with Gasteiger partial charge in [0, 0.05) is 19.7 Å². The van der Waals surface area contributed by atoms with Crippen LogP contribution in [0.5, 0.6) is 0 Å². The molecule has 0 bridgehead atoms. The SMILES string of the molecule is Cn1c(=O)c2c(ncn2CC(=O)NCc2cc(-c3ccc(F)cc3)ncn2)n(C)c1=O. The van der Waals surface area contributed by atoms with Crippen LogP contribution in [0.2, 0.25) is 0 Å². The van der Waals surface area contributed by atoms with Crippen molar-refractivity contribution >= 4 is 17.1 Å². The Kier molecular flexibility index (Phi) is 5.15. The minimum absolute atomic E-state index is 0.138. The van der Waals surface area contributed by atoms with E-state index in [1.165, 1.54) is 48.0 Å². The lowest BCUT2D eigenvalue weighted by atomic mass is 10.1. The van der Waals surface area contributed by atoms with Crippen molar-refractivity contribution in [3.05, 3.63) is 75.3 Å². The van der Waals surface area contributed by atoms with Gasteiger partial charge in [-0.3, -0.25) is 18.7 Å². The van der Waals surface area contributed by atoms with Crippen LogP contribution in [0.25, 0.3) is 22.4 Å². The van der Waals surface area contributed by atoms with Crippen LogP contribution in [0.3, 0.4) is 0 Å². The van der Waals surface area contributed by atoms with Gasteiger partial charge in [-0.1, -0.05) is 0 Å². The Morgan fingerprint density at radius 3 is 2.55 bits per heavy atom. The summed E-state index contributed by atoms with van der Waals surface area (Å²) < 4.78 is 16.7. The van der Waals surface area contributed by atoms with E-state index in [9.17, 15) is 18.8 Å². The molecule has 4 aromatic rings. The van der Waals surface area contributed by atoms with Gasteiger partial charge in [0.1, 0.15) is 18.7 Å². The first-order valence-corrected chi connectivity index (χ1v) is 9.29. The largest absolute Gasteiger partial charge is 0.349 e. The molecule has 31 heavy (non-hydrogen) atoms. The molecule has 11 heteroatoms. The summed E-state index contributed by atoms with van der Waals surface area (Å²) in [5.41, 5.74) is 1.25. The van der Waals surface area contributed by atoms with Gasteiger partial charge in [0.15, 0.2) is 11.2 Å². The molecule has 0 aliphatic carbocycles. The number of carbonyl (C=O) groups is 1. The highest BCUT2D eigenvalue weighted by molar-refractivity contribution is 5.78. The summed E-state index contributed by atoms with van der Waals surface area (Å²) in [4.78, 5) is 49.3. The zero-order chi connectivity index (χ0) is 22.1. The summed E-state index contributed by atoms with van der Waals surface area (Å²) in [6.07, 6.45) is 2.72. The van der Waals surface area contributed by atoms with Gasteiger partial charge in [0.25, 0.3) is 5.56 Å². The van der Waals surface area contributed by atoms with Gasteiger partial charge in [-0.2, -0.15) is 0 Å². The number of rotatable bonds is 5. The topological polar surface area (TPSA) is 117 Å². The van der Waals surface area contributed by atoms with Gasteiger partial charge >= 0.3 is 5.69 Å². The van der Waals surface area contributed by atoms with Crippen LogP contribution in [0.1, 0.15) is 5.69 Å². The molecule has 0 radical (unpaired) electrons. The number of imidazole rings is 1. The molecule has 4 rings (SSSR count). The smallest absolute Gasteiger partial charge is 0.332 e. The molecule has 1 aromatic carbocycles. The lowest BCUT2D eigenvalue weighted by Crippen LogP contribution is -2.38. The second-order valence-electron chi connectivity index (χ2n) is 6.93. The summed E-state index contributed by atoms with van der Waals surface area (Å²) in [5.74, 6) is -0.704. The zero-order valence-electron chi connectivity index (χ0n) is 16.7. The van der Waals surface area contributed by atoms with Crippen molar-refractivity contribution in [2.45, 2.75) is 13.1 Å². The molecular formula is C20H18FN7O3. The molecule has 0 aliphatic heterocycles. The third kappa shape index (κ3) is 3.84. The van der Waals surface area contributed by atoms with Crippen molar-refractivity contribution in [3.63, 3.8) is 0 Å². The number of nitrogens with zero attached hydrogens (tertiary/aromatic N) is 6. The summed E-state index contributed by atoms with van der Waals surface area (Å²) >= 11 is 0. The fraction of sp³-hybridized carbons (Fsp3) is 0.200. The van der Waals surface area contributed by atoms with E-state index >= 15 is 0 Å². The van der Waals surface area contributed by atoms with Crippen LogP contribution in [-0.4, -0.2) is 34.6 Å². The van der Waals surface area contributed by atoms with Gasteiger partial charge in [-0.25, -0.2) is 24.1 Å². The summed E-state index contributed by atoms with van der Waals surface area (Å²) in [7, 11) is 2.88. The predicted octanol–water partition coefficient (Wildman–Crippen LogP) is 0.346. The molecule has 3 aromatic heterocycles. The van der Waals surface area contributed by atoms with E-state index in [1.54, 1.807) is 18.2 Å². The van der Waals surface area contributed by atoms with Crippen LogP contribution in [0, 0.1) is 5.82 Å².